The third-order valence-electron chi connectivity index (χ3n) is 1.34. The third kappa shape index (κ3) is 3.23. The van der Waals surface area contributed by atoms with Gasteiger partial charge >= 0.3 is 0 Å². The van der Waals surface area contributed by atoms with Crippen molar-refractivity contribution >= 4 is 17.0 Å². The molecule has 0 atom stereocenters. The zero-order valence-electron chi connectivity index (χ0n) is 6.92. The van der Waals surface area contributed by atoms with Crippen LogP contribution in [0.2, 0.25) is 0 Å². The summed E-state index contributed by atoms with van der Waals surface area (Å²) in [5.41, 5.74) is 2.57. The van der Waals surface area contributed by atoms with Crippen LogP contribution in [-0.2, 0) is 0 Å². The largest absolute Gasteiger partial charge is 0.381 e. The molecule has 1 rings (SSSR count). The van der Waals surface area contributed by atoms with E-state index in [9.17, 15) is 0 Å². The van der Waals surface area contributed by atoms with Crippen molar-refractivity contribution in [2.45, 2.75) is 13.8 Å². The smallest absolute Gasteiger partial charge is 0.0451 e. The van der Waals surface area contributed by atoms with Crippen molar-refractivity contribution in [2.24, 2.45) is 0 Å². The van der Waals surface area contributed by atoms with Crippen LogP contribution in [0.3, 0.4) is 0 Å². The van der Waals surface area contributed by atoms with E-state index in [-0.39, 0.29) is 0 Å². The van der Waals surface area contributed by atoms with E-state index in [1.807, 2.05) is 0 Å². The number of thiophene rings is 1. The summed E-state index contributed by atoms with van der Waals surface area (Å²) in [6.07, 6.45) is 2.18. The molecule has 0 aliphatic rings. The molecule has 0 spiro atoms. The Bertz CT molecular complexity index is 220. The van der Waals surface area contributed by atoms with Gasteiger partial charge in [-0.1, -0.05) is 11.6 Å². The minimum atomic E-state index is 0.930. The standard InChI is InChI=1S/C9H13NS/c1-8(2)3-5-10-9-4-6-11-7-9/h3-4,6-7,10H,5H2,1-2H3. The van der Waals surface area contributed by atoms with E-state index in [2.05, 4.69) is 42.1 Å². The first-order valence-corrected chi connectivity index (χ1v) is 4.63. The summed E-state index contributed by atoms with van der Waals surface area (Å²) >= 11 is 1.72. The van der Waals surface area contributed by atoms with Gasteiger partial charge in [-0.3, -0.25) is 0 Å². The predicted molar refractivity (Wildman–Crippen MR) is 52.2 cm³/mol. The Kier molecular flexibility index (Phi) is 3.17. The molecule has 0 bridgehead atoms. The fourth-order valence-electron chi connectivity index (χ4n) is 0.738. The third-order valence-corrected chi connectivity index (χ3v) is 2.02. The van der Waals surface area contributed by atoms with E-state index >= 15 is 0 Å². The van der Waals surface area contributed by atoms with Gasteiger partial charge in [0.05, 0.1) is 0 Å². The first kappa shape index (κ1) is 8.34. The second-order valence-electron chi connectivity index (χ2n) is 2.67. The van der Waals surface area contributed by atoms with Crippen LogP contribution in [0.4, 0.5) is 5.69 Å². The molecule has 0 radical (unpaired) electrons. The highest BCUT2D eigenvalue weighted by Gasteiger charge is 1.86. The van der Waals surface area contributed by atoms with Gasteiger partial charge in [-0.2, -0.15) is 11.3 Å². The number of hydrogen-bond donors (Lipinski definition) is 1. The minimum absolute atomic E-state index is 0.930. The highest BCUT2D eigenvalue weighted by atomic mass is 32.1. The maximum absolute atomic E-state index is 3.29. The first-order chi connectivity index (χ1) is 5.29. The van der Waals surface area contributed by atoms with Crippen molar-refractivity contribution < 1.29 is 0 Å². The van der Waals surface area contributed by atoms with Crippen molar-refractivity contribution in [1.82, 2.24) is 0 Å². The fourth-order valence-corrected chi connectivity index (χ4v) is 1.35. The monoisotopic (exact) mass is 167 g/mol. The molecule has 0 fully saturated rings. The van der Waals surface area contributed by atoms with Gasteiger partial charge in [0, 0.05) is 17.6 Å². The van der Waals surface area contributed by atoms with E-state index in [0.29, 0.717) is 0 Å². The molecule has 0 amide bonds. The number of nitrogens with one attached hydrogen (secondary N) is 1. The molecule has 0 aliphatic heterocycles. The van der Waals surface area contributed by atoms with Gasteiger partial charge in [0.25, 0.3) is 0 Å². The predicted octanol–water partition coefficient (Wildman–Crippen LogP) is 3.13. The highest BCUT2D eigenvalue weighted by molar-refractivity contribution is 7.08. The quantitative estimate of drug-likeness (QED) is 0.682. The van der Waals surface area contributed by atoms with Gasteiger partial charge < -0.3 is 5.32 Å². The Balaban J connectivity index is 2.30. The fraction of sp³-hybridized carbons (Fsp3) is 0.333. The molecule has 0 unspecified atom stereocenters. The maximum atomic E-state index is 3.29. The van der Waals surface area contributed by atoms with E-state index < -0.39 is 0 Å². The Labute approximate surface area is 71.8 Å². The Hall–Kier alpha value is -0.760. The summed E-state index contributed by atoms with van der Waals surface area (Å²) in [5.74, 6) is 0. The summed E-state index contributed by atoms with van der Waals surface area (Å²) in [6.45, 7) is 5.14. The summed E-state index contributed by atoms with van der Waals surface area (Å²) in [6, 6.07) is 2.09. The van der Waals surface area contributed by atoms with Crippen LogP contribution in [0.15, 0.2) is 28.5 Å². The van der Waals surface area contributed by atoms with Crippen molar-refractivity contribution in [3.05, 3.63) is 28.5 Å². The van der Waals surface area contributed by atoms with Crippen LogP contribution in [0, 0.1) is 0 Å². The van der Waals surface area contributed by atoms with Gasteiger partial charge in [-0.05, 0) is 25.3 Å². The molecule has 1 aromatic rings. The van der Waals surface area contributed by atoms with Gasteiger partial charge in [-0.15, -0.1) is 0 Å². The summed E-state index contributed by atoms with van der Waals surface area (Å²) in [4.78, 5) is 0. The topological polar surface area (TPSA) is 12.0 Å². The van der Waals surface area contributed by atoms with Gasteiger partial charge in [0.15, 0.2) is 0 Å². The lowest BCUT2D eigenvalue weighted by atomic mass is 10.3. The van der Waals surface area contributed by atoms with Crippen molar-refractivity contribution in [1.29, 1.82) is 0 Å². The zero-order valence-corrected chi connectivity index (χ0v) is 7.74. The van der Waals surface area contributed by atoms with Crippen LogP contribution >= 0.6 is 11.3 Å². The average Bonchev–Trinajstić information content (AvgIpc) is 2.39. The van der Waals surface area contributed by atoms with E-state index in [0.717, 1.165) is 6.54 Å². The molecule has 60 valence electrons. The molecular weight excluding hydrogens is 154 g/mol. The number of anilines is 1. The molecule has 2 heteroatoms. The number of allylic oxidation sites excluding steroid dienone is 1. The van der Waals surface area contributed by atoms with Crippen molar-refractivity contribution in [2.75, 3.05) is 11.9 Å². The van der Waals surface area contributed by atoms with E-state index in [1.54, 1.807) is 11.3 Å². The summed E-state index contributed by atoms with van der Waals surface area (Å²) in [5, 5.41) is 7.47. The molecule has 0 saturated heterocycles. The molecule has 1 N–H and O–H groups in total. The average molecular weight is 167 g/mol. The molecule has 1 aromatic heterocycles. The Morgan fingerprint density at radius 1 is 1.64 bits per heavy atom. The second kappa shape index (κ2) is 4.19. The maximum Gasteiger partial charge on any atom is 0.0451 e. The SMILES string of the molecule is CC(C)=CCNc1ccsc1. The molecule has 0 saturated carbocycles. The Morgan fingerprint density at radius 2 is 2.45 bits per heavy atom. The number of hydrogen-bond acceptors (Lipinski definition) is 2. The van der Waals surface area contributed by atoms with Crippen LogP contribution in [-0.4, -0.2) is 6.54 Å². The summed E-state index contributed by atoms with van der Waals surface area (Å²) in [7, 11) is 0. The van der Waals surface area contributed by atoms with E-state index in [1.165, 1.54) is 11.3 Å². The zero-order chi connectivity index (χ0) is 8.10. The minimum Gasteiger partial charge on any atom is -0.381 e. The summed E-state index contributed by atoms with van der Waals surface area (Å²) < 4.78 is 0. The highest BCUT2D eigenvalue weighted by Crippen LogP contribution is 2.10. The van der Waals surface area contributed by atoms with Crippen LogP contribution < -0.4 is 5.32 Å². The second-order valence-corrected chi connectivity index (χ2v) is 3.45. The van der Waals surface area contributed by atoms with Gasteiger partial charge in [0.2, 0.25) is 0 Å². The lowest BCUT2D eigenvalue weighted by molar-refractivity contribution is 1.27. The lowest BCUT2D eigenvalue weighted by Crippen LogP contribution is -1.96. The first-order valence-electron chi connectivity index (χ1n) is 3.68. The molecule has 11 heavy (non-hydrogen) atoms. The molecule has 0 aromatic carbocycles. The van der Waals surface area contributed by atoms with Crippen LogP contribution in [0.1, 0.15) is 13.8 Å². The van der Waals surface area contributed by atoms with Gasteiger partial charge in [-0.25, -0.2) is 0 Å². The normalized spacial score (nSPS) is 9.27. The molecule has 1 nitrogen and oxygen atoms in total. The molecule has 1 heterocycles. The van der Waals surface area contributed by atoms with Crippen molar-refractivity contribution in [3.63, 3.8) is 0 Å². The van der Waals surface area contributed by atoms with Crippen molar-refractivity contribution in [3.8, 4) is 0 Å². The van der Waals surface area contributed by atoms with E-state index in [4.69, 9.17) is 0 Å². The molecule has 0 aliphatic carbocycles. The lowest BCUT2D eigenvalue weighted by Gasteiger charge is -1.98. The van der Waals surface area contributed by atoms with Gasteiger partial charge in [0.1, 0.15) is 0 Å². The van der Waals surface area contributed by atoms with Crippen LogP contribution in [0.25, 0.3) is 0 Å². The molecular formula is C9H13NS. The van der Waals surface area contributed by atoms with Crippen LogP contribution in [0.5, 0.6) is 0 Å². The Morgan fingerprint density at radius 3 is 3.00 bits per heavy atom. The number of rotatable bonds is 3.